The van der Waals surface area contributed by atoms with E-state index in [9.17, 15) is 0 Å². The number of nitrogens with zero attached hydrogens (tertiary/aromatic N) is 3. The van der Waals surface area contributed by atoms with Gasteiger partial charge in [-0.3, -0.25) is 0 Å². The van der Waals surface area contributed by atoms with Gasteiger partial charge in [0.05, 0.1) is 11.7 Å². The number of nitrogens with two attached hydrogens (primary N) is 1. The Balaban J connectivity index is 2.36. The molecule has 2 heterocycles. The van der Waals surface area contributed by atoms with Crippen molar-refractivity contribution >= 4 is 11.6 Å². The zero-order valence-corrected chi connectivity index (χ0v) is 12.8. The van der Waals surface area contributed by atoms with Gasteiger partial charge in [0.15, 0.2) is 0 Å². The van der Waals surface area contributed by atoms with Crippen LogP contribution in [0.5, 0.6) is 0 Å². The lowest BCUT2D eigenvalue weighted by atomic mass is 10.0. The van der Waals surface area contributed by atoms with E-state index < -0.39 is 0 Å². The number of rotatable bonds is 4. The Bertz CT molecular complexity index is 463. The molecule has 0 bridgehead atoms. The van der Waals surface area contributed by atoms with E-state index in [4.69, 9.17) is 10.6 Å². The summed E-state index contributed by atoms with van der Waals surface area (Å²) in [5.41, 5.74) is 3.59. The minimum Gasteiger partial charge on any atom is -0.369 e. The van der Waals surface area contributed by atoms with Crippen molar-refractivity contribution < 1.29 is 4.74 Å². The fourth-order valence-electron chi connectivity index (χ4n) is 2.90. The summed E-state index contributed by atoms with van der Waals surface area (Å²) in [6.07, 6.45) is 3.68. The highest BCUT2D eigenvalue weighted by atomic mass is 16.5. The first-order chi connectivity index (χ1) is 9.46. The van der Waals surface area contributed by atoms with Crippen LogP contribution < -0.4 is 16.2 Å². The SMILES string of the molecule is CCCc1c(NN)ncnc1N1CC(C)OC(C)(C)C1. The van der Waals surface area contributed by atoms with Crippen LogP contribution in [0, 0.1) is 0 Å². The molecular formula is C14H25N5O. The van der Waals surface area contributed by atoms with Crippen molar-refractivity contribution in [3.63, 3.8) is 0 Å². The van der Waals surface area contributed by atoms with E-state index in [2.05, 4.69) is 48.0 Å². The van der Waals surface area contributed by atoms with Gasteiger partial charge in [-0.05, 0) is 27.2 Å². The fourth-order valence-corrected chi connectivity index (χ4v) is 2.90. The van der Waals surface area contributed by atoms with Crippen LogP contribution >= 0.6 is 0 Å². The van der Waals surface area contributed by atoms with E-state index in [-0.39, 0.29) is 11.7 Å². The molecule has 20 heavy (non-hydrogen) atoms. The molecule has 0 amide bonds. The third kappa shape index (κ3) is 3.19. The molecule has 1 unspecified atom stereocenters. The van der Waals surface area contributed by atoms with Crippen LogP contribution in [-0.4, -0.2) is 34.8 Å². The van der Waals surface area contributed by atoms with Gasteiger partial charge in [-0.2, -0.15) is 0 Å². The van der Waals surface area contributed by atoms with Crippen molar-refractivity contribution in [3.8, 4) is 0 Å². The van der Waals surface area contributed by atoms with E-state index in [0.29, 0.717) is 5.82 Å². The topological polar surface area (TPSA) is 76.3 Å². The Labute approximate surface area is 120 Å². The second-order valence-electron chi connectivity index (χ2n) is 5.99. The summed E-state index contributed by atoms with van der Waals surface area (Å²) in [6.45, 7) is 10.1. The number of hydrogen-bond donors (Lipinski definition) is 2. The van der Waals surface area contributed by atoms with Crippen molar-refractivity contribution in [2.75, 3.05) is 23.4 Å². The lowest BCUT2D eigenvalue weighted by Gasteiger charge is -2.42. The minimum atomic E-state index is -0.178. The first-order valence-electron chi connectivity index (χ1n) is 7.20. The summed E-state index contributed by atoms with van der Waals surface area (Å²) in [5.74, 6) is 7.26. The molecule has 0 aromatic carbocycles. The number of morpholine rings is 1. The van der Waals surface area contributed by atoms with Gasteiger partial charge >= 0.3 is 0 Å². The standard InChI is InChI=1S/C14H25N5O/c1-5-6-11-12(18-15)16-9-17-13(11)19-7-10(2)20-14(3,4)8-19/h9-10H,5-8,15H2,1-4H3,(H,16,17,18). The van der Waals surface area contributed by atoms with Gasteiger partial charge < -0.3 is 15.1 Å². The van der Waals surface area contributed by atoms with Gasteiger partial charge in [-0.1, -0.05) is 13.3 Å². The summed E-state index contributed by atoms with van der Waals surface area (Å²) >= 11 is 0. The quantitative estimate of drug-likeness (QED) is 0.645. The lowest BCUT2D eigenvalue weighted by molar-refractivity contribution is -0.0752. The molecule has 1 aliphatic heterocycles. The molecule has 1 aromatic heterocycles. The van der Waals surface area contributed by atoms with Gasteiger partial charge in [0.25, 0.3) is 0 Å². The zero-order valence-electron chi connectivity index (χ0n) is 12.8. The lowest BCUT2D eigenvalue weighted by Crippen LogP contribution is -2.52. The number of nitrogens with one attached hydrogen (secondary N) is 1. The molecule has 1 fully saturated rings. The van der Waals surface area contributed by atoms with Crippen molar-refractivity contribution in [1.29, 1.82) is 0 Å². The Morgan fingerprint density at radius 3 is 2.85 bits per heavy atom. The van der Waals surface area contributed by atoms with Crippen LogP contribution in [0.1, 0.15) is 39.7 Å². The molecule has 6 heteroatoms. The summed E-state index contributed by atoms with van der Waals surface area (Å²) in [6, 6.07) is 0. The molecule has 1 aliphatic rings. The van der Waals surface area contributed by atoms with Crippen molar-refractivity contribution in [2.24, 2.45) is 5.84 Å². The predicted molar refractivity (Wildman–Crippen MR) is 80.7 cm³/mol. The molecule has 6 nitrogen and oxygen atoms in total. The summed E-state index contributed by atoms with van der Waals surface area (Å²) in [7, 11) is 0. The van der Waals surface area contributed by atoms with Crippen LogP contribution in [0.2, 0.25) is 0 Å². The molecule has 0 spiro atoms. The number of hydrazine groups is 1. The molecular weight excluding hydrogens is 254 g/mol. The van der Waals surface area contributed by atoms with Crippen LogP contribution in [0.25, 0.3) is 0 Å². The van der Waals surface area contributed by atoms with Crippen LogP contribution in [0.4, 0.5) is 11.6 Å². The number of hydrogen-bond acceptors (Lipinski definition) is 6. The third-order valence-corrected chi connectivity index (χ3v) is 3.43. The minimum absolute atomic E-state index is 0.178. The van der Waals surface area contributed by atoms with Gasteiger partial charge in [-0.25, -0.2) is 15.8 Å². The third-order valence-electron chi connectivity index (χ3n) is 3.43. The number of anilines is 2. The van der Waals surface area contributed by atoms with E-state index in [1.807, 2.05) is 0 Å². The summed E-state index contributed by atoms with van der Waals surface area (Å²) < 4.78 is 5.96. The van der Waals surface area contributed by atoms with Crippen LogP contribution in [0.15, 0.2) is 6.33 Å². The van der Waals surface area contributed by atoms with Crippen LogP contribution in [-0.2, 0) is 11.2 Å². The van der Waals surface area contributed by atoms with Gasteiger partial charge in [0.2, 0.25) is 0 Å². The number of ether oxygens (including phenoxy) is 1. The van der Waals surface area contributed by atoms with E-state index >= 15 is 0 Å². The van der Waals surface area contributed by atoms with Crippen molar-refractivity contribution in [1.82, 2.24) is 9.97 Å². The maximum absolute atomic E-state index is 5.96. The molecule has 1 aromatic rings. The summed E-state index contributed by atoms with van der Waals surface area (Å²) in [4.78, 5) is 11.0. The van der Waals surface area contributed by atoms with E-state index in [1.165, 1.54) is 0 Å². The Kier molecular flexibility index (Phi) is 4.45. The van der Waals surface area contributed by atoms with Crippen molar-refractivity contribution in [2.45, 2.75) is 52.2 Å². The van der Waals surface area contributed by atoms with E-state index in [1.54, 1.807) is 6.33 Å². The number of nitrogen functional groups attached to an aromatic ring is 1. The first-order valence-corrected chi connectivity index (χ1v) is 7.20. The molecule has 1 atom stereocenters. The monoisotopic (exact) mass is 279 g/mol. The number of aromatic nitrogens is 2. The second kappa shape index (κ2) is 5.93. The first kappa shape index (κ1) is 15.0. The zero-order chi connectivity index (χ0) is 14.8. The van der Waals surface area contributed by atoms with Gasteiger partial charge in [0.1, 0.15) is 18.0 Å². The van der Waals surface area contributed by atoms with Crippen molar-refractivity contribution in [3.05, 3.63) is 11.9 Å². The second-order valence-corrected chi connectivity index (χ2v) is 5.99. The molecule has 0 radical (unpaired) electrons. The fraction of sp³-hybridized carbons (Fsp3) is 0.714. The van der Waals surface area contributed by atoms with Gasteiger partial charge in [-0.15, -0.1) is 0 Å². The maximum Gasteiger partial charge on any atom is 0.148 e. The van der Waals surface area contributed by atoms with Gasteiger partial charge in [0, 0.05) is 18.7 Å². The highest BCUT2D eigenvalue weighted by Gasteiger charge is 2.33. The molecule has 3 N–H and O–H groups in total. The smallest absolute Gasteiger partial charge is 0.148 e. The average molecular weight is 279 g/mol. The Morgan fingerprint density at radius 1 is 1.50 bits per heavy atom. The molecule has 0 saturated carbocycles. The normalized spacial score (nSPS) is 21.9. The molecule has 0 aliphatic carbocycles. The van der Waals surface area contributed by atoms with E-state index in [0.717, 1.165) is 37.3 Å². The average Bonchev–Trinajstić information content (AvgIpc) is 2.37. The highest BCUT2D eigenvalue weighted by Crippen LogP contribution is 2.29. The molecule has 2 rings (SSSR count). The highest BCUT2D eigenvalue weighted by molar-refractivity contribution is 5.58. The largest absolute Gasteiger partial charge is 0.369 e. The predicted octanol–water partition coefficient (Wildman–Crippen LogP) is 1.72. The van der Waals surface area contributed by atoms with Crippen LogP contribution in [0.3, 0.4) is 0 Å². The molecule has 112 valence electrons. The summed E-state index contributed by atoms with van der Waals surface area (Å²) in [5, 5.41) is 0. The Morgan fingerprint density at radius 2 is 2.25 bits per heavy atom. The molecule has 1 saturated heterocycles. The maximum atomic E-state index is 5.96. The Hall–Kier alpha value is -1.40.